The van der Waals surface area contributed by atoms with Crippen LogP contribution >= 0.6 is 15.9 Å². The fourth-order valence-electron chi connectivity index (χ4n) is 4.03. The fraction of sp³-hybridized carbons (Fsp3) is 0.370. The zero-order chi connectivity index (χ0) is 24.5. The largest absolute Gasteiger partial charge is 0.496 e. The molecule has 0 saturated heterocycles. The summed E-state index contributed by atoms with van der Waals surface area (Å²) in [6.45, 7) is 9.61. The number of hydrogen-bond donors (Lipinski definition) is 1. The number of halogens is 1. The summed E-state index contributed by atoms with van der Waals surface area (Å²) in [6.07, 6.45) is 3.38. The molecule has 0 spiro atoms. The highest BCUT2D eigenvalue weighted by molar-refractivity contribution is 9.10. The van der Waals surface area contributed by atoms with Gasteiger partial charge < -0.3 is 14.6 Å². The summed E-state index contributed by atoms with van der Waals surface area (Å²) in [6, 6.07) is 12.9. The van der Waals surface area contributed by atoms with E-state index in [0.717, 1.165) is 40.8 Å². The number of anilines is 1. The predicted octanol–water partition coefficient (Wildman–Crippen LogP) is 5.99. The highest BCUT2D eigenvalue weighted by atomic mass is 79.9. The molecule has 0 fully saturated rings. The fourth-order valence-corrected chi connectivity index (χ4v) is 4.62. The van der Waals surface area contributed by atoms with Crippen molar-refractivity contribution >= 4 is 33.0 Å². The molecule has 6 nitrogen and oxygen atoms in total. The summed E-state index contributed by atoms with van der Waals surface area (Å²) in [5.41, 5.74) is 7.84. The third-order valence-corrected chi connectivity index (χ3v) is 6.75. The van der Waals surface area contributed by atoms with Gasteiger partial charge in [-0.25, -0.2) is 9.97 Å². The first-order valence-corrected chi connectivity index (χ1v) is 12.3. The second-order valence-corrected chi connectivity index (χ2v) is 10.6. The van der Waals surface area contributed by atoms with E-state index in [1.54, 1.807) is 13.4 Å². The summed E-state index contributed by atoms with van der Waals surface area (Å²) in [4.78, 5) is 14.1. The quantitative estimate of drug-likeness (QED) is 0.323. The van der Waals surface area contributed by atoms with Crippen LogP contribution in [0.3, 0.4) is 0 Å². The number of nitrogens with one attached hydrogen (secondary N) is 1. The van der Waals surface area contributed by atoms with Crippen molar-refractivity contribution in [2.45, 2.75) is 46.0 Å². The van der Waals surface area contributed by atoms with Crippen molar-refractivity contribution in [3.05, 3.63) is 75.1 Å². The lowest BCUT2D eigenvalue weighted by molar-refractivity contribution is 0.412. The number of aryl methyl sites for hydroxylation is 2. The van der Waals surface area contributed by atoms with Crippen molar-refractivity contribution in [2.75, 3.05) is 19.0 Å². The van der Waals surface area contributed by atoms with E-state index < -0.39 is 0 Å². The number of benzene rings is 2. The van der Waals surface area contributed by atoms with E-state index in [1.807, 2.05) is 17.7 Å². The van der Waals surface area contributed by atoms with Gasteiger partial charge in [0.25, 0.3) is 0 Å². The second-order valence-electron chi connectivity index (χ2n) is 9.74. The van der Waals surface area contributed by atoms with Gasteiger partial charge in [0.05, 0.1) is 23.6 Å². The Morgan fingerprint density at radius 3 is 2.59 bits per heavy atom. The molecule has 4 aromatic rings. The Hall–Kier alpha value is -2.93. The molecule has 0 unspecified atom stereocenters. The molecule has 4 rings (SSSR count). The molecule has 0 aliphatic carbocycles. The van der Waals surface area contributed by atoms with Crippen LogP contribution in [0.15, 0.2) is 47.2 Å². The number of ether oxygens (including phenoxy) is 1. The molecular weight excluding hydrogens is 490 g/mol. The van der Waals surface area contributed by atoms with Crippen molar-refractivity contribution in [3.63, 3.8) is 0 Å². The van der Waals surface area contributed by atoms with Crippen LogP contribution in [0.2, 0.25) is 0 Å². The number of fused-ring (bicyclic) bond motifs is 1. The Balaban J connectivity index is 1.59. The van der Waals surface area contributed by atoms with Gasteiger partial charge in [-0.2, -0.15) is 4.98 Å². The lowest BCUT2D eigenvalue weighted by atomic mass is 9.84. The van der Waals surface area contributed by atoms with E-state index in [2.05, 4.69) is 89.2 Å². The topological polar surface area (TPSA) is 64.9 Å². The smallest absolute Gasteiger partial charge is 0.225 e. The van der Waals surface area contributed by atoms with Gasteiger partial charge in [0.2, 0.25) is 5.95 Å². The van der Waals surface area contributed by atoms with E-state index in [1.165, 1.54) is 22.3 Å². The van der Waals surface area contributed by atoms with Crippen LogP contribution in [0.1, 0.15) is 48.7 Å². The van der Waals surface area contributed by atoms with Gasteiger partial charge in [-0.1, -0.05) is 45.0 Å². The van der Waals surface area contributed by atoms with E-state index in [0.29, 0.717) is 11.6 Å². The first-order valence-electron chi connectivity index (χ1n) is 11.5. The van der Waals surface area contributed by atoms with Crippen LogP contribution in [-0.4, -0.2) is 33.2 Å². The summed E-state index contributed by atoms with van der Waals surface area (Å²) >= 11 is 3.56. The summed E-state index contributed by atoms with van der Waals surface area (Å²) in [5.74, 6) is 1.44. The van der Waals surface area contributed by atoms with Crippen LogP contribution < -0.4 is 10.1 Å². The minimum absolute atomic E-state index is 0.0964. The Kier molecular flexibility index (Phi) is 6.94. The third kappa shape index (κ3) is 5.25. The highest BCUT2D eigenvalue weighted by Gasteiger charge is 2.17. The van der Waals surface area contributed by atoms with Crippen molar-refractivity contribution in [1.82, 2.24) is 19.5 Å². The van der Waals surface area contributed by atoms with E-state index >= 15 is 0 Å². The molecule has 0 amide bonds. The van der Waals surface area contributed by atoms with Crippen molar-refractivity contribution in [2.24, 2.45) is 7.05 Å². The van der Waals surface area contributed by atoms with Gasteiger partial charge >= 0.3 is 0 Å². The zero-order valence-electron chi connectivity index (χ0n) is 20.7. The second kappa shape index (κ2) is 9.74. The minimum Gasteiger partial charge on any atom is -0.496 e. The maximum Gasteiger partial charge on any atom is 0.225 e. The Labute approximate surface area is 209 Å². The molecule has 2 aromatic carbocycles. The lowest BCUT2D eigenvalue weighted by Crippen LogP contribution is -2.13. The van der Waals surface area contributed by atoms with E-state index in [9.17, 15) is 0 Å². The summed E-state index contributed by atoms with van der Waals surface area (Å²) < 4.78 is 8.28. The van der Waals surface area contributed by atoms with Crippen LogP contribution in [0.5, 0.6) is 5.75 Å². The first kappa shape index (κ1) is 24.2. The summed E-state index contributed by atoms with van der Waals surface area (Å²) in [7, 11) is 3.67. The molecule has 2 aromatic heterocycles. The third-order valence-electron chi connectivity index (χ3n) is 6.13. The Morgan fingerprint density at radius 2 is 1.88 bits per heavy atom. The predicted molar refractivity (Wildman–Crippen MR) is 142 cm³/mol. The summed E-state index contributed by atoms with van der Waals surface area (Å²) in [5, 5.41) is 3.40. The average Bonchev–Trinajstić information content (AvgIpc) is 3.15. The zero-order valence-corrected chi connectivity index (χ0v) is 22.3. The van der Waals surface area contributed by atoms with Gasteiger partial charge in [-0.05, 0) is 69.1 Å². The molecule has 0 aliphatic rings. The minimum atomic E-state index is 0.0964. The van der Waals surface area contributed by atoms with Gasteiger partial charge in [0.15, 0.2) is 5.65 Å². The number of aromatic nitrogens is 4. The number of nitrogens with zero attached hydrogens (tertiary/aromatic N) is 4. The normalized spacial score (nSPS) is 11.7. The lowest BCUT2D eigenvalue weighted by Gasteiger charge is -2.21. The molecule has 0 saturated carbocycles. The first-order chi connectivity index (χ1) is 16.2. The maximum absolute atomic E-state index is 5.32. The molecule has 34 heavy (non-hydrogen) atoms. The molecule has 2 heterocycles. The molecule has 178 valence electrons. The van der Waals surface area contributed by atoms with Crippen molar-refractivity contribution in [1.29, 1.82) is 0 Å². The van der Waals surface area contributed by atoms with Crippen LogP contribution in [0.4, 0.5) is 5.95 Å². The van der Waals surface area contributed by atoms with Crippen LogP contribution in [-0.2, 0) is 25.3 Å². The van der Waals surface area contributed by atoms with Gasteiger partial charge in [0.1, 0.15) is 11.3 Å². The SMILES string of the molecule is COc1ccc(CCNc2nc(Cc3cc(C(C)(C)C)ccc3C)c3c(ncn3C)n2)cc1Br. The molecule has 1 N–H and O–H groups in total. The highest BCUT2D eigenvalue weighted by Crippen LogP contribution is 2.28. The number of rotatable bonds is 7. The van der Waals surface area contributed by atoms with Gasteiger partial charge in [-0.3, -0.25) is 0 Å². The average molecular weight is 522 g/mol. The van der Waals surface area contributed by atoms with Crippen molar-refractivity contribution < 1.29 is 4.74 Å². The van der Waals surface area contributed by atoms with E-state index in [-0.39, 0.29) is 5.41 Å². The number of imidazole rings is 1. The van der Waals surface area contributed by atoms with Crippen LogP contribution in [0, 0.1) is 6.92 Å². The number of hydrogen-bond acceptors (Lipinski definition) is 5. The molecule has 0 radical (unpaired) electrons. The van der Waals surface area contributed by atoms with E-state index in [4.69, 9.17) is 9.72 Å². The van der Waals surface area contributed by atoms with Gasteiger partial charge in [-0.15, -0.1) is 0 Å². The monoisotopic (exact) mass is 521 g/mol. The molecule has 0 atom stereocenters. The standard InChI is InChI=1S/C27H32BrN5O/c1-17-7-9-20(27(2,3)4)14-19(17)15-22-24-25(30-16-33(24)5)32-26(31-22)29-12-11-18-8-10-23(34-6)21(28)13-18/h7-10,13-14,16H,11-12,15H2,1-6H3,(H,29,31,32). The Morgan fingerprint density at radius 1 is 1.09 bits per heavy atom. The van der Waals surface area contributed by atoms with Crippen molar-refractivity contribution in [3.8, 4) is 5.75 Å². The number of methoxy groups -OCH3 is 1. The molecule has 7 heteroatoms. The molecule has 0 aliphatic heterocycles. The van der Waals surface area contributed by atoms with Gasteiger partial charge in [0, 0.05) is 20.0 Å². The molecular formula is C27H32BrN5O. The Bertz CT molecular complexity index is 1320. The maximum atomic E-state index is 5.32. The van der Waals surface area contributed by atoms with Crippen LogP contribution in [0.25, 0.3) is 11.2 Å². The molecule has 0 bridgehead atoms.